The van der Waals surface area contributed by atoms with Gasteiger partial charge in [0.25, 0.3) is 0 Å². The van der Waals surface area contributed by atoms with Gasteiger partial charge < -0.3 is 5.32 Å². The number of hydrogen-bond acceptors (Lipinski definition) is 3. The van der Waals surface area contributed by atoms with Crippen molar-refractivity contribution in [2.24, 2.45) is 0 Å². The zero-order valence-corrected chi connectivity index (χ0v) is 10.4. The molecule has 2 heterocycles. The van der Waals surface area contributed by atoms with E-state index in [1.165, 1.54) is 5.56 Å². The normalized spacial score (nSPS) is 13.6. The molecule has 4 heteroatoms. The van der Waals surface area contributed by atoms with Crippen LogP contribution in [0.15, 0.2) is 52.9 Å². The molecule has 0 atom stereocenters. The average Bonchev–Trinajstić information content (AvgIpc) is 2.39. The molecule has 17 heavy (non-hydrogen) atoms. The van der Waals surface area contributed by atoms with E-state index >= 15 is 0 Å². The van der Waals surface area contributed by atoms with Gasteiger partial charge in [-0.2, -0.15) is 0 Å². The smallest absolute Gasteiger partial charge is 0.130 e. The maximum absolute atomic E-state index is 5.86. The molecule has 0 radical (unpaired) electrons. The zero-order valence-electron chi connectivity index (χ0n) is 8.85. The molecule has 0 spiro atoms. The highest BCUT2D eigenvalue weighted by atomic mass is 35.5. The minimum atomic E-state index is 0.523. The van der Waals surface area contributed by atoms with Crippen LogP contribution >= 0.6 is 23.4 Å². The fourth-order valence-electron chi connectivity index (χ4n) is 1.65. The largest absolute Gasteiger partial charge is 0.352 e. The number of aromatic nitrogens is 1. The van der Waals surface area contributed by atoms with Crippen molar-refractivity contribution >= 4 is 34.7 Å². The summed E-state index contributed by atoms with van der Waals surface area (Å²) in [7, 11) is 0. The highest BCUT2D eigenvalue weighted by Crippen LogP contribution is 2.36. The van der Waals surface area contributed by atoms with Gasteiger partial charge in [0.05, 0.1) is 11.4 Å². The maximum Gasteiger partial charge on any atom is 0.130 e. The van der Waals surface area contributed by atoms with E-state index in [1.54, 1.807) is 17.8 Å². The number of halogens is 1. The molecule has 1 aromatic heterocycles. The minimum Gasteiger partial charge on any atom is -0.352 e. The van der Waals surface area contributed by atoms with E-state index in [2.05, 4.69) is 27.8 Å². The van der Waals surface area contributed by atoms with Gasteiger partial charge in [-0.1, -0.05) is 53.7 Å². The molecule has 1 aliphatic rings. The molecule has 0 saturated heterocycles. The Kier molecular flexibility index (Phi) is 2.79. The van der Waals surface area contributed by atoms with Crippen molar-refractivity contribution in [3.05, 3.63) is 58.6 Å². The van der Waals surface area contributed by atoms with Crippen LogP contribution in [-0.4, -0.2) is 4.98 Å². The predicted octanol–water partition coefficient (Wildman–Crippen LogP) is 4.25. The van der Waals surface area contributed by atoms with Gasteiger partial charge in [0, 0.05) is 5.41 Å². The molecule has 84 valence electrons. The van der Waals surface area contributed by atoms with Crippen LogP contribution in [0.25, 0.3) is 5.70 Å². The second-order valence-corrected chi connectivity index (χ2v) is 4.87. The Balaban J connectivity index is 1.95. The lowest BCUT2D eigenvalue weighted by Gasteiger charge is -2.18. The van der Waals surface area contributed by atoms with Crippen LogP contribution < -0.4 is 5.32 Å². The third-order valence-corrected chi connectivity index (χ3v) is 3.57. The first-order chi connectivity index (χ1) is 8.33. The van der Waals surface area contributed by atoms with Crippen molar-refractivity contribution in [3.63, 3.8) is 0 Å². The van der Waals surface area contributed by atoms with E-state index in [-0.39, 0.29) is 0 Å². The fraction of sp³-hybridized carbons (Fsp3) is 0. The first-order valence-corrected chi connectivity index (χ1v) is 6.44. The van der Waals surface area contributed by atoms with Crippen LogP contribution in [0.4, 0.5) is 5.69 Å². The Labute approximate surface area is 109 Å². The second kappa shape index (κ2) is 4.43. The van der Waals surface area contributed by atoms with E-state index in [9.17, 15) is 0 Å². The summed E-state index contributed by atoms with van der Waals surface area (Å²) < 4.78 is 0. The first-order valence-electron chi connectivity index (χ1n) is 5.19. The van der Waals surface area contributed by atoms with E-state index in [4.69, 9.17) is 11.6 Å². The highest BCUT2D eigenvalue weighted by molar-refractivity contribution is 8.02. The molecule has 0 unspecified atom stereocenters. The zero-order chi connectivity index (χ0) is 11.7. The van der Waals surface area contributed by atoms with Crippen LogP contribution in [-0.2, 0) is 0 Å². The summed E-state index contributed by atoms with van der Waals surface area (Å²) in [5.41, 5.74) is 3.26. The minimum absolute atomic E-state index is 0.523. The highest BCUT2D eigenvalue weighted by Gasteiger charge is 2.13. The molecule has 3 rings (SSSR count). The van der Waals surface area contributed by atoms with Crippen LogP contribution in [0.1, 0.15) is 5.56 Å². The molecule has 1 N–H and O–H groups in total. The van der Waals surface area contributed by atoms with Crippen molar-refractivity contribution in [3.8, 4) is 0 Å². The van der Waals surface area contributed by atoms with Gasteiger partial charge >= 0.3 is 0 Å². The Morgan fingerprint density at radius 2 is 1.88 bits per heavy atom. The number of nitrogens with one attached hydrogen (secondary N) is 1. The van der Waals surface area contributed by atoms with Gasteiger partial charge in [-0.3, -0.25) is 0 Å². The van der Waals surface area contributed by atoms with E-state index in [0.717, 1.165) is 16.4 Å². The Hall–Kier alpha value is -1.45. The predicted molar refractivity (Wildman–Crippen MR) is 73.1 cm³/mol. The van der Waals surface area contributed by atoms with Crippen LogP contribution in [0.5, 0.6) is 0 Å². The monoisotopic (exact) mass is 260 g/mol. The van der Waals surface area contributed by atoms with Crippen LogP contribution in [0.3, 0.4) is 0 Å². The number of anilines is 1. The number of rotatable bonds is 1. The number of thioether (sulfide) groups is 1. The quantitative estimate of drug-likeness (QED) is 0.776. The fourth-order valence-corrected chi connectivity index (χ4v) is 2.67. The van der Waals surface area contributed by atoms with Crippen molar-refractivity contribution in [1.29, 1.82) is 0 Å². The summed E-state index contributed by atoms with van der Waals surface area (Å²) in [6.07, 6.45) is 0. The third kappa shape index (κ3) is 2.16. The van der Waals surface area contributed by atoms with Gasteiger partial charge in [-0.25, -0.2) is 4.98 Å². The molecule has 1 aromatic carbocycles. The molecule has 0 amide bonds. The number of hydrogen-bond donors (Lipinski definition) is 1. The molecule has 2 nitrogen and oxygen atoms in total. The summed E-state index contributed by atoms with van der Waals surface area (Å²) in [5.74, 6) is 0. The van der Waals surface area contributed by atoms with Crippen molar-refractivity contribution in [1.82, 2.24) is 4.98 Å². The number of benzene rings is 1. The van der Waals surface area contributed by atoms with Crippen molar-refractivity contribution in [2.75, 3.05) is 5.32 Å². The topological polar surface area (TPSA) is 24.9 Å². The summed E-state index contributed by atoms with van der Waals surface area (Å²) in [6, 6.07) is 14.0. The molecule has 0 aliphatic carbocycles. The van der Waals surface area contributed by atoms with Crippen molar-refractivity contribution < 1.29 is 0 Å². The molecule has 1 aliphatic heterocycles. The van der Waals surface area contributed by atoms with Gasteiger partial charge in [-0.15, -0.1) is 0 Å². The number of pyridine rings is 1. The summed E-state index contributed by atoms with van der Waals surface area (Å²) in [4.78, 5) is 4.26. The summed E-state index contributed by atoms with van der Waals surface area (Å²) >= 11 is 7.44. The average molecular weight is 261 g/mol. The van der Waals surface area contributed by atoms with Crippen LogP contribution in [0.2, 0.25) is 5.15 Å². The van der Waals surface area contributed by atoms with Gasteiger partial charge in [0.2, 0.25) is 0 Å². The molecule has 0 fully saturated rings. The Bertz CT molecular complexity index is 581. The van der Waals surface area contributed by atoms with E-state index < -0.39 is 0 Å². The van der Waals surface area contributed by atoms with E-state index in [1.807, 2.05) is 24.3 Å². The molecule has 2 aromatic rings. The first kappa shape index (κ1) is 10.7. The van der Waals surface area contributed by atoms with E-state index in [0.29, 0.717) is 5.15 Å². The molecule has 0 bridgehead atoms. The second-order valence-electron chi connectivity index (χ2n) is 3.63. The lowest BCUT2D eigenvalue weighted by molar-refractivity contribution is 1.14. The SMILES string of the molecule is Clc1ccc2c(n1)SC=C(c1ccccc1)N2. The van der Waals surface area contributed by atoms with Gasteiger partial charge in [-0.05, 0) is 17.7 Å². The molecular weight excluding hydrogens is 252 g/mol. The van der Waals surface area contributed by atoms with Gasteiger partial charge in [0.15, 0.2) is 0 Å². The van der Waals surface area contributed by atoms with Gasteiger partial charge in [0.1, 0.15) is 10.2 Å². The third-order valence-electron chi connectivity index (χ3n) is 2.47. The summed E-state index contributed by atoms with van der Waals surface area (Å²) in [5, 5.41) is 6.85. The Morgan fingerprint density at radius 3 is 2.71 bits per heavy atom. The molecular formula is C13H9ClN2S. The maximum atomic E-state index is 5.86. The molecule has 0 saturated carbocycles. The number of fused-ring (bicyclic) bond motifs is 1. The lowest BCUT2D eigenvalue weighted by Crippen LogP contribution is -2.04. The summed E-state index contributed by atoms with van der Waals surface area (Å²) in [6.45, 7) is 0. The van der Waals surface area contributed by atoms with Crippen molar-refractivity contribution in [2.45, 2.75) is 5.03 Å². The lowest BCUT2D eigenvalue weighted by atomic mass is 10.2. The Morgan fingerprint density at radius 1 is 1.06 bits per heavy atom. The standard InChI is InChI=1S/C13H9ClN2S/c14-12-7-6-10-13(16-12)17-8-11(15-10)9-4-2-1-3-5-9/h1-8,15H. The van der Waals surface area contributed by atoms with Crippen LogP contribution in [0, 0.1) is 0 Å². The number of nitrogens with zero attached hydrogens (tertiary/aromatic N) is 1.